The first-order valence-electron chi connectivity index (χ1n) is 8.80. The molecule has 0 amide bonds. The van der Waals surface area contributed by atoms with Crippen molar-refractivity contribution in [3.05, 3.63) is 53.5 Å². The van der Waals surface area contributed by atoms with E-state index in [1.807, 2.05) is 45.2 Å². The van der Waals surface area contributed by atoms with Crippen LogP contribution in [-0.4, -0.2) is 47.6 Å². The number of rotatable bonds is 7. The van der Waals surface area contributed by atoms with Gasteiger partial charge in [-0.05, 0) is 50.1 Å². The average Bonchev–Trinajstić information content (AvgIpc) is 3.04. The van der Waals surface area contributed by atoms with Crippen molar-refractivity contribution in [3.8, 4) is 17.4 Å². The predicted octanol–water partition coefficient (Wildman–Crippen LogP) is 2.98. The Morgan fingerprint density at radius 2 is 1.81 bits per heavy atom. The SMILES string of the molecule is COc1ccc(CCN(C)c2ccnc(-n3nc(C)cc3C)n2)cc1OC. The lowest BCUT2D eigenvalue weighted by Crippen LogP contribution is -2.22. The number of nitrogens with zero attached hydrogens (tertiary/aromatic N) is 5. The predicted molar refractivity (Wildman–Crippen MR) is 105 cm³/mol. The highest BCUT2D eigenvalue weighted by atomic mass is 16.5. The molecule has 0 aliphatic heterocycles. The molecule has 142 valence electrons. The minimum Gasteiger partial charge on any atom is -0.493 e. The van der Waals surface area contributed by atoms with Crippen LogP contribution in [0.1, 0.15) is 17.0 Å². The second kappa shape index (κ2) is 8.07. The Bertz CT molecular complexity index is 922. The van der Waals surface area contributed by atoms with Gasteiger partial charge in [0.1, 0.15) is 5.82 Å². The molecule has 1 aromatic carbocycles. The van der Waals surface area contributed by atoms with Crippen LogP contribution in [0.25, 0.3) is 5.95 Å². The molecule has 0 N–H and O–H groups in total. The van der Waals surface area contributed by atoms with E-state index < -0.39 is 0 Å². The number of hydrogen-bond acceptors (Lipinski definition) is 6. The lowest BCUT2D eigenvalue weighted by Gasteiger charge is -2.19. The molecule has 27 heavy (non-hydrogen) atoms. The molecule has 2 aromatic heterocycles. The molecular formula is C20H25N5O2. The summed E-state index contributed by atoms with van der Waals surface area (Å²) in [6.45, 7) is 4.77. The molecule has 0 fully saturated rings. The molecule has 0 saturated carbocycles. The molecule has 0 atom stereocenters. The van der Waals surface area contributed by atoms with Gasteiger partial charge in [0.2, 0.25) is 0 Å². The van der Waals surface area contributed by atoms with Crippen LogP contribution in [0.2, 0.25) is 0 Å². The summed E-state index contributed by atoms with van der Waals surface area (Å²) in [5.74, 6) is 2.91. The van der Waals surface area contributed by atoms with Gasteiger partial charge in [0.05, 0.1) is 19.9 Å². The molecule has 2 heterocycles. The summed E-state index contributed by atoms with van der Waals surface area (Å²) >= 11 is 0. The van der Waals surface area contributed by atoms with Crippen molar-refractivity contribution in [1.29, 1.82) is 0 Å². The van der Waals surface area contributed by atoms with Gasteiger partial charge in [0.25, 0.3) is 5.95 Å². The number of aromatic nitrogens is 4. The van der Waals surface area contributed by atoms with E-state index in [2.05, 4.69) is 26.0 Å². The third-order valence-corrected chi connectivity index (χ3v) is 4.40. The minimum atomic E-state index is 0.580. The fourth-order valence-electron chi connectivity index (χ4n) is 2.93. The maximum absolute atomic E-state index is 5.38. The second-order valence-electron chi connectivity index (χ2n) is 6.41. The lowest BCUT2D eigenvalue weighted by atomic mass is 10.1. The summed E-state index contributed by atoms with van der Waals surface area (Å²) in [5, 5.41) is 4.46. The normalized spacial score (nSPS) is 10.7. The Morgan fingerprint density at radius 3 is 2.48 bits per heavy atom. The van der Waals surface area contributed by atoms with Crippen LogP contribution < -0.4 is 14.4 Å². The topological polar surface area (TPSA) is 65.3 Å². The van der Waals surface area contributed by atoms with Crippen molar-refractivity contribution >= 4 is 5.82 Å². The highest BCUT2D eigenvalue weighted by Gasteiger charge is 2.10. The van der Waals surface area contributed by atoms with Crippen molar-refractivity contribution in [2.24, 2.45) is 0 Å². The summed E-state index contributed by atoms with van der Waals surface area (Å²) in [6, 6.07) is 9.91. The van der Waals surface area contributed by atoms with Gasteiger partial charge in [-0.25, -0.2) is 9.67 Å². The van der Waals surface area contributed by atoms with Gasteiger partial charge in [-0.15, -0.1) is 0 Å². The van der Waals surface area contributed by atoms with Crippen LogP contribution in [0.4, 0.5) is 5.82 Å². The standard InChI is InChI=1S/C20H25N5O2/c1-14-12-15(2)25(23-14)20-21-10-8-19(22-20)24(3)11-9-16-6-7-17(26-4)18(13-16)27-5/h6-8,10,12-13H,9,11H2,1-5H3. The van der Waals surface area contributed by atoms with Crippen LogP contribution in [0, 0.1) is 13.8 Å². The number of benzene rings is 1. The minimum absolute atomic E-state index is 0.580. The first kappa shape index (κ1) is 18.7. The number of likely N-dealkylation sites (N-methyl/N-ethyl adjacent to an activating group) is 1. The highest BCUT2D eigenvalue weighted by molar-refractivity contribution is 5.44. The number of hydrogen-bond donors (Lipinski definition) is 0. The van der Waals surface area contributed by atoms with Crippen LogP contribution in [0.5, 0.6) is 11.5 Å². The van der Waals surface area contributed by atoms with E-state index >= 15 is 0 Å². The first-order valence-corrected chi connectivity index (χ1v) is 8.80. The third kappa shape index (κ3) is 4.19. The molecular weight excluding hydrogens is 342 g/mol. The van der Waals surface area contributed by atoms with E-state index in [1.54, 1.807) is 25.1 Å². The van der Waals surface area contributed by atoms with Crippen molar-refractivity contribution in [2.45, 2.75) is 20.3 Å². The molecule has 0 bridgehead atoms. The zero-order chi connectivity index (χ0) is 19.4. The molecule has 0 spiro atoms. The van der Waals surface area contributed by atoms with Gasteiger partial charge in [0, 0.05) is 25.5 Å². The van der Waals surface area contributed by atoms with Crippen molar-refractivity contribution < 1.29 is 9.47 Å². The summed E-state index contributed by atoms with van der Waals surface area (Å²) in [4.78, 5) is 11.1. The van der Waals surface area contributed by atoms with E-state index in [4.69, 9.17) is 9.47 Å². The molecule has 3 aromatic rings. The monoisotopic (exact) mass is 367 g/mol. The van der Waals surface area contributed by atoms with Crippen molar-refractivity contribution in [1.82, 2.24) is 19.7 Å². The van der Waals surface area contributed by atoms with Gasteiger partial charge in [-0.3, -0.25) is 0 Å². The summed E-state index contributed by atoms with van der Waals surface area (Å²) in [5.41, 5.74) is 3.13. The smallest absolute Gasteiger partial charge is 0.252 e. The molecule has 3 rings (SSSR count). The Hall–Kier alpha value is -3.09. The molecule has 7 nitrogen and oxygen atoms in total. The lowest BCUT2D eigenvalue weighted by molar-refractivity contribution is 0.354. The number of methoxy groups -OCH3 is 2. The first-order chi connectivity index (χ1) is 13.0. The Morgan fingerprint density at radius 1 is 1.04 bits per heavy atom. The zero-order valence-corrected chi connectivity index (χ0v) is 16.4. The van der Waals surface area contributed by atoms with Crippen LogP contribution in [-0.2, 0) is 6.42 Å². The summed E-state index contributed by atoms with van der Waals surface area (Å²) in [7, 11) is 5.31. The van der Waals surface area contributed by atoms with E-state index in [0.29, 0.717) is 5.95 Å². The fraction of sp³-hybridized carbons (Fsp3) is 0.350. The quantitative estimate of drug-likeness (QED) is 0.640. The second-order valence-corrected chi connectivity index (χ2v) is 6.41. The van der Waals surface area contributed by atoms with E-state index in [-0.39, 0.29) is 0 Å². The maximum atomic E-state index is 5.38. The molecule has 0 aliphatic carbocycles. The Kier molecular flexibility index (Phi) is 5.59. The summed E-state index contributed by atoms with van der Waals surface area (Å²) in [6.07, 6.45) is 2.62. The molecule has 7 heteroatoms. The molecule has 0 unspecified atom stereocenters. The third-order valence-electron chi connectivity index (χ3n) is 4.40. The van der Waals surface area contributed by atoms with E-state index in [9.17, 15) is 0 Å². The Labute approximate surface area is 159 Å². The Balaban J connectivity index is 1.72. The molecule has 0 saturated heterocycles. The number of aryl methyl sites for hydroxylation is 2. The van der Waals surface area contributed by atoms with Crippen LogP contribution in [0.3, 0.4) is 0 Å². The number of anilines is 1. The van der Waals surface area contributed by atoms with Crippen molar-refractivity contribution in [2.75, 3.05) is 32.7 Å². The van der Waals surface area contributed by atoms with Gasteiger partial charge in [-0.1, -0.05) is 6.07 Å². The highest BCUT2D eigenvalue weighted by Crippen LogP contribution is 2.27. The van der Waals surface area contributed by atoms with E-state index in [0.717, 1.165) is 41.7 Å². The van der Waals surface area contributed by atoms with Crippen LogP contribution in [0.15, 0.2) is 36.5 Å². The van der Waals surface area contributed by atoms with Gasteiger partial charge >= 0.3 is 0 Å². The maximum Gasteiger partial charge on any atom is 0.252 e. The fourth-order valence-corrected chi connectivity index (χ4v) is 2.93. The van der Waals surface area contributed by atoms with Crippen LogP contribution >= 0.6 is 0 Å². The molecule has 0 radical (unpaired) electrons. The average molecular weight is 367 g/mol. The van der Waals surface area contributed by atoms with E-state index in [1.165, 1.54) is 5.56 Å². The summed E-state index contributed by atoms with van der Waals surface area (Å²) < 4.78 is 12.4. The van der Waals surface area contributed by atoms with Gasteiger partial charge < -0.3 is 14.4 Å². The number of ether oxygens (including phenoxy) is 2. The molecule has 0 aliphatic rings. The van der Waals surface area contributed by atoms with Gasteiger partial charge in [-0.2, -0.15) is 10.1 Å². The van der Waals surface area contributed by atoms with Crippen molar-refractivity contribution in [3.63, 3.8) is 0 Å². The zero-order valence-electron chi connectivity index (χ0n) is 16.4. The van der Waals surface area contributed by atoms with Gasteiger partial charge in [0.15, 0.2) is 11.5 Å². The largest absolute Gasteiger partial charge is 0.493 e.